The zero-order valence-corrected chi connectivity index (χ0v) is 22.7. The SMILES string of the molecule is Cc1ccc(S(=O)(=O)Nc2cccc(C(=O)Nc3ccc(S(=O)(=O)Nc4ccc(C)c(C)c4)cc3)c2)cc1. The summed E-state index contributed by atoms with van der Waals surface area (Å²) in [7, 11) is -7.64. The molecule has 0 radical (unpaired) electrons. The van der Waals surface area contributed by atoms with Crippen LogP contribution in [0.4, 0.5) is 17.1 Å². The van der Waals surface area contributed by atoms with E-state index in [1.165, 1.54) is 42.5 Å². The van der Waals surface area contributed by atoms with E-state index in [4.69, 9.17) is 0 Å². The molecule has 0 aliphatic rings. The van der Waals surface area contributed by atoms with Crippen molar-refractivity contribution in [2.45, 2.75) is 30.6 Å². The Morgan fingerprint density at radius 1 is 0.579 bits per heavy atom. The molecule has 0 heterocycles. The highest BCUT2D eigenvalue weighted by Gasteiger charge is 2.17. The van der Waals surface area contributed by atoms with E-state index in [1.807, 2.05) is 26.8 Å². The fourth-order valence-corrected chi connectivity index (χ4v) is 5.69. The largest absolute Gasteiger partial charge is 0.322 e. The van der Waals surface area contributed by atoms with Crippen molar-refractivity contribution < 1.29 is 21.6 Å². The van der Waals surface area contributed by atoms with E-state index in [1.54, 1.807) is 42.5 Å². The quantitative estimate of drug-likeness (QED) is 0.269. The van der Waals surface area contributed by atoms with Gasteiger partial charge in [-0.25, -0.2) is 16.8 Å². The number of hydrogen-bond donors (Lipinski definition) is 3. The van der Waals surface area contributed by atoms with Gasteiger partial charge < -0.3 is 5.32 Å². The van der Waals surface area contributed by atoms with Crippen molar-refractivity contribution in [2.24, 2.45) is 0 Å². The molecule has 0 unspecified atom stereocenters. The molecular weight excluding hydrogens is 522 g/mol. The molecule has 0 saturated heterocycles. The van der Waals surface area contributed by atoms with Crippen LogP contribution in [0.5, 0.6) is 0 Å². The molecule has 8 nitrogen and oxygen atoms in total. The maximum Gasteiger partial charge on any atom is 0.261 e. The van der Waals surface area contributed by atoms with Crippen LogP contribution in [0.1, 0.15) is 27.0 Å². The van der Waals surface area contributed by atoms with Crippen molar-refractivity contribution in [1.82, 2.24) is 0 Å². The minimum Gasteiger partial charge on any atom is -0.322 e. The zero-order valence-electron chi connectivity index (χ0n) is 21.0. The number of sulfonamides is 2. The van der Waals surface area contributed by atoms with E-state index in [2.05, 4.69) is 14.8 Å². The topological polar surface area (TPSA) is 121 Å². The summed E-state index contributed by atoms with van der Waals surface area (Å²) in [4.78, 5) is 13.0. The summed E-state index contributed by atoms with van der Waals surface area (Å²) >= 11 is 0. The minimum absolute atomic E-state index is 0.0428. The summed E-state index contributed by atoms with van der Waals surface area (Å²) in [5.74, 6) is -0.481. The standard InChI is InChI=1S/C28H27N3O5S2/c1-19-7-13-26(14-8-19)37(33,34)30-24-6-4-5-22(18-24)28(32)29-23-11-15-27(16-12-23)38(35,36)31-25-10-9-20(2)21(3)17-25/h4-18,30-31H,1-3H3,(H,29,32). The first-order chi connectivity index (χ1) is 17.9. The van der Waals surface area contributed by atoms with Crippen molar-refractivity contribution in [1.29, 1.82) is 0 Å². The highest BCUT2D eigenvalue weighted by Crippen LogP contribution is 2.22. The van der Waals surface area contributed by atoms with Crippen molar-refractivity contribution >= 4 is 43.0 Å². The van der Waals surface area contributed by atoms with Crippen LogP contribution in [-0.2, 0) is 20.0 Å². The third kappa shape index (κ3) is 6.39. The molecule has 0 spiro atoms. The average Bonchev–Trinajstić information content (AvgIpc) is 2.86. The van der Waals surface area contributed by atoms with Crippen molar-refractivity contribution in [3.8, 4) is 0 Å². The van der Waals surface area contributed by atoms with Gasteiger partial charge in [-0.05, 0) is 98.6 Å². The van der Waals surface area contributed by atoms with Crippen LogP contribution in [-0.4, -0.2) is 22.7 Å². The fraction of sp³-hybridized carbons (Fsp3) is 0.107. The zero-order chi connectivity index (χ0) is 27.5. The summed E-state index contributed by atoms with van der Waals surface area (Å²) in [5.41, 5.74) is 4.26. The first-order valence-corrected chi connectivity index (χ1v) is 14.6. The van der Waals surface area contributed by atoms with Gasteiger partial charge in [-0.3, -0.25) is 14.2 Å². The normalized spacial score (nSPS) is 11.6. The van der Waals surface area contributed by atoms with Crippen LogP contribution in [0.3, 0.4) is 0 Å². The Morgan fingerprint density at radius 2 is 1.11 bits per heavy atom. The third-order valence-electron chi connectivity index (χ3n) is 5.89. The van der Waals surface area contributed by atoms with Crippen LogP contribution < -0.4 is 14.8 Å². The van der Waals surface area contributed by atoms with Crippen LogP contribution >= 0.6 is 0 Å². The molecular formula is C28H27N3O5S2. The molecule has 0 aromatic heterocycles. The smallest absolute Gasteiger partial charge is 0.261 e. The van der Waals surface area contributed by atoms with E-state index in [0.29, 0.717) is 11.4 Å². The lowest BCUT2D eigenvalue weighted by atomic mass is 10.1. The second-order valence-electron chi connectivity index (χ2n) is 8.88. The summed E-state index contributed by atoms with van der Waals surface area (Å²) in [6, 6.07) is 23.6. The molecule has 0 saturated carbocycles. The van der Waals surface area contributed by atoms with Gasteiger partial charge in [0.15, 0.2) is 0 Å². The summed E-state index contributed by atoms with van der Waals surface area (Å²) < 4.78 is 55.9. The Balaban J connectivity index is 1.44. The maximum absolute atomic E-state index is 12.8. The number of benzene rings is 4. The van der Waals surface area contributed by atoms with E-state index in [-0.39, 0.29) is 21.0 Å². The number of nitrogens with one attached hydrogen (secondary N) is 3. The van der Waals surface area contributed by atoms with Gasteiger partial charge in [0.2, 0.25) is 0 Å². The maximum atomic E-state index is 12.8. The van der Waals surface area contributed by atoms with Crippen LogP contribution in [0.15, 0.2) is 101 Å². The van der Waals surface area contributed by atoms with Crippen molar-refractivity contribution in [3.05, 3.63) is 113 Å². The fourth-order valence-electron chi connectivity index (χ4n) is 3.60. The highest BCUT2D eigenvalue weighted by molar-refractivity contribution is 7.93. The van der Waals surface area contributed by atoms with Crippen molar-refractivity contribution in [3.63, 3.8) is 0 Å². The Hall–Kier alpha value is -4.15. The molecule has 4 rings (SSSR count). The van der Waals surface area contributed by atoms with Crippen molar-refractivity contribution in [2.75, 3.05) is 14.8 Å². The molecule has 1 amide bonds. The Bertz CT molecular complexity index is 1700. The van der Waals surface area contributed by atoms with Gasteiger partial charge in [0, 0.05) is 22.6 Å². The number of amides is 1. The molecule has 4 aromatic rings. The van der Waals surface area contributed by atoms with Crippen LogP contribution in [0.2, 0.25) is 0 Å². The lowest BCUT2D eigenvalue weighted by Gasteiger charge is -2.12. The second-order valence-corrected chi connectivity index (χ2v) is 12.2. The Morgan fingerprint density at radius 3 is 1.68 bits per heavy atom. The lowest BCUT2D eigenvalue weighted by Crippen LogP contribution is -2.15. The molecule has 196 valence electrons. The molecule has 0 aliphatic carbocycles. The molecule has 0 aliphatic heterocycles. The summed E-state index contributed by atoms with van der Waals surface area (Å²) in [5, 5.41) is 2.70. The van der Waals surface area contributed by atoms with Gasteiger partial charge in [-0.2, -0.15) is 0 Å². The highest BCUT2D eigenvalue weighted by atomic mass is 32.2. The second kappa shape index (κ2) is 10.7. The van der Waals surface area contributed by atoms with Gasteiger partial charge in [0.1, 0.15) is 0 Å². The van der Waals surface area contributed by atoms with E-state index >= 15 is 0 Å². The summed E-state index contributed by atoms with van der Waals surface area (Å²) in [6.07, 6.45) is 0. The van der Waals surface area contributed by atoms with E-state index < -0.39 is 26.0 Å². The Labute approximate surface area is 222 Å². The Kier molecular flexibility index (Phi) is 7.56. The molecule has 4 aromatic carbocycles. The number of rotatable bonds is 8. The van der Waals surface area contributed by atoms with E-state index in [9.17, 15) is 21.6 Å². The van der Waals surface area contributed by atoms with Gasteiger partial charge in [-0.15, -0.1) is 0 Å². The van der Waals surface area contributed by atoms with Gasteiger partial charge in [0.25, 0.3) is 26.0 Å². The number of hydrogen-bond acceptors (Lipinski definition) is 5. The summed E-state index contributed by atoms with van der Waals surface area (Å²) in [6.45, 7) is 5.71. The first kappa shape index (κ1) is 26.9. The van der Waals surface area contributed by atoms with Gasteiger partial charge in [0.05, 0.1) is 9.79 Å². The number of anilines is 3. The third-order valence-corrected chi connectivity index (χ3v) is 8.68. The van der Waals surface area contributed by atoms with Gasteiger partial charge in [-0.1, -0.05) is 29.8 Å². The number of carbonyl (C=O) groups excluding carboxylic acids is 1. The molecule has 10 heteroatoms. The van der Waals surface area contributed by atoms with Gasteiger partial charge >= 0.3 is 0 Å². The predicted octanol–water partition coefficient (Wildman–Crippen LogP) is 5.47. The van der Waals surface area contributed by atoms with E-state index in [0.717, 1.165) is 16.7 Å². The molecule has 0 fully saturated rings. The minimum atomic E-state index is -3.82. The average molecular weight is 550 g/mol. The monoisotopic (exact) mass is 549 g/mol. The number of carbonyl (C=O) groups is 1. The molecule has 3 N–H and O–H groups in total. The first-order valence-electron chi connectivity index (χ1n) is 11.6. The predicted molar refractivity (Wildman–Crippen MR) is 150 cm³/mol. The molecule has 38 heavy (non-hydrogen) atoms. The molecule has 0 atom stereocenters. The molecule has 0 bridgehead atoms. The lowest BCUT2D eigenvalue weighted by molar-refractivity contribution is 0.102. The van der Waals surface area contributed by atoms with Crippen LogP contribution in [0.25, 0.3) is 0 Å². The van der Waals surface area contributed by atoms with Crippen LogP contribution in [0, 0.1) is 20.8 Å². The number of aryl methyl sites for hydroxylation is 3.